The van der Waals surface area contributed by atoms with Crippen LogP contribution in [0.15, 0.2) is 66.6 Å². The molecule has 1 aromatic heterocycles. The number of carbonyl (C=O) groups is 1. The van der Waals surface area contributed by atoms with Crippen molar-refractivity contribution < 1.29 is 23.4 Å². The fourth-order valence-electron chi connectivity index (χ4n) is 3.84. The smallest absolute Gasteiger partial charge is 0.231 e. The third-order valence-electron chi connectivity index (χ3n) is 5.56. The number of allylic oxidation sites excluding steroid dienone is 1. The molecular formula is C26H19ClFNO4. The van der Waals surface area contributed by atoms with Crippen LogP contribution in [-0.2, 0) is 13.7 Å². The van der Waals surface area contributed by atoms with E-state index in [9.17, 15) is 9.18 Å². The van der Waals surface area contributed by atoms with Crippen LogP contribution < -0.4 is 14.2 Å². The van der Waals surface area contributed by atoms with Gasteiger partial charge in [-0.2, -0.15) is 0 Å². The predicted molar refractivity (Wildman–Crippen MR) is 125 cm³/mol. The Bertz CT molecular complexity index is 1440. The molecule has 7 heteroatoms. The number of aromatic nitrogens is 1. The molecule has 0 amide bonds. The Hall–Kier alpha value is -3.77. The van der Waals surface area contributed by atoms with E-state index in [0.717, 1.165) is 22.2 Å². The lowest BCUT2D eigenvalue weighted by Gasteiger charge is -2.08. The van der Waals surface area contributed by atoms with E-state index in [4.69, 9.17) is 25.8 Å². The Morgan fingerprint density at radius 2 is 1.91 bits per heavy atom. The maximum Gasteiger partial charge on any atom is 0.231 e. The van der Waals surface area contributed by atoms with E-state index in [-0.39, 0.29) is 18.1 Å². The largest absolute Gasteiger partial charge is 0.497 e. The molecule has 166 valence electrons. The van der Waals surface area contributed by atoms with Crippen LogP contribution in [0, 0.1) is 5.82 Å². The van der Waals surface area contributed by atoms with E-state index >= 15 is 0 Å². The fourth-order valence-corrected chi connectivity index (χ4v) is 4.06. The average molecular weight is 464 g/mol. The first kappa shape index (κ1) is 21.1. The van der Waals surface area contributed by atoms with Crippen molar-refractivity contribution >= 4 is 34.4 Å². The standard InChI is InChI=1S/C26H19ClFNO4/c1-29-13-16(21-11-18(31-2)6-8-23(21)29)9-25-26(30)20-7-5-19(12-24(20)33-25)32-14-15-3-4-17(28)10-22(15)27/h3-13H,14H2,1-2H3/b25-9-. The number of ether oxygens (including phenoxy) is 3. The minimum Gasteiger partial charge on any atom is -0.497 e. The minimum atomic E-state index is -0.405. The molecule has 0 unspecified atom stereocenters. The summed E-state index contributed by atoms with van der Waals surface area (Å²) < 4.78 is 32.2. The van der Waals surface area contributed by atoms with Crippen molar-refractivity contribution in [1.82, 2.24) is 4.57 Å². The molecule has 0 N–H and O–H groups in total. The molecule has 3 aromatic carbocycles. The van der Waals surface area contributed by atoms with Crippen molar-refractivity contribution in [2.45, 2.75) is 6.61 Å². The highest BCUT2D eigenvalue weighted by Crippen LogP contribution is 2.36. The van der Waals surface area contributed by atoms with Crippen molar-refractivity contribution in [2.75, 3.05) is 7.11 Å². The Morgan fingerprint density at radius 1 is 1.09 bits per heavy atom. The van der Waals surface area contributed by atoms with Gasteiger partial charge in [0, 0.05) is 41.3 Å². The van der Waals surface area contributed by atoms with Gasteiger partial charge in [0.05, 0.1) is 17.7 Å². The normalized spacial score (nSPS) is 13.9. The van der Waals surface area contributed by atoms with Crippen LogP contribution in [-0.4, -0.2) is 17.5 Å². The number of halogens is 2. The molecule has 1 aliphatic rings. The maximum atomic E-state index is 13.2. The molecule has 0 atom stereocenters. The van der Waals surface area contributed by atoms with Crippen molar-refractivity contribution in [1.29, 1.82) is 0 Å². The summed E-state index contributed by atoms with van der Waals surface area (Å²) in [5.41, 5.74) is 2.99. The zero-order valence-electron chi connectivity index (χ0n) is 17.9. The second kappa shape index (κ2) is 8.30. The molecular weight excluding hydrogens is 445 g/mol. The molecule has 0 saturated heterocycles. The molecule has 0 fully saturated rings. The number of Topliss-reactive ketones (excluding diaryl/α,β-unsaturated/α-hetero) is 1. The monoisotopic (exact) mass is 463 g/mol. The van der Waals surface area contributed by atoms with Gasteiger partial charge in [-0.05, 0) is 48.5 Å². The Balaban J connectivity index is 1.40. The lowest BCUT2D eigenvalue weighted by atomic mass is 10.1. The Labute approximate surface area is 194 Å². The second-order valence-corrected chi connectivity index (χ2v) is 8.11. The molecule has 5 rings (SSSR count). The van der Waals surface area contributed by atoms with E-state index in [1.165, 1.54) is 12.1 Å². The number of hydrogen-bond acceptors (Lipinski definition) is 4. The maximum absolute atomic E-state index is 13.2. The summed E-state index contributed by atoms with van der Waals surface area (Å²) >= 11 is 6.06. The summed E-state index contributed by atoms with van der Waals surface area (Å²) in [6.45, 7) is 0.159. The molecule has 2 heterocycles. The quantitative estimate of drug-likeness (QED) is 0.332. The number of carbonyl (C=O) groups excluding carboxylic acids is 1. The summed E-state index contributed by atoms with van der Waals surface area (Å²) in [4.78, 5) is 12.9. The SMILES string of the molecule is COc1ccc2c(c1)c(/C=C1\Oc3cc(OCc4ccc(F)cc4Cl)ccc3C1=O)cn2C. The Kier molecular flexibility index (Phi) is 5.30. The number of ketones is 1. The van der Waals surface area contributed by atoms with Gasteiger partial charge in [0.2, 0.25) is 5.78 Å². The second-order valence-electron chi connectivity index (χ2n) is 7.70. The molecule has 0 aliphatic carbocycles. The summed E-state index contributed by atoms with van der Waals surface area (Å²) in [5.74, 6) is 1.30. The molecule has 1 aliphatic heterocycles. The van der Waals surface area contributed by atoms with E-state index < -0.39 is 5.82 Å². The number of hydrogen-bond donors (Lipinski definition) is 0. The van der Waals surface area contributed by atoms with Crippen molar-refractivity contribution in [3.05, 3.63) is 94.1 Å². The molecule has 4 aromatic rings. The van der Waals surface area contributed by atoms with Crippen LogP contribution in [0.5, 0.6) is 17.2 Å². The number of fused-ring (bicyclic) bond motifs is 2. The minimum absolute atomic E-state index is 0.159. The number of aryl methyl sites for hydroxylation is 1. The van der Waals surface area contributed by atoms with Gasteiger partial charge < -0.3 is 18.8 Å². The Morgan fingerprint density at radius 3 is 2.70 bits per heavy atom. The lowest BCUT2D eigenvalue weighted by molar-refractivity contribution is 0.101. The van der Waals surface area contributed by atoms with Gasteiger partial charge in [0.15, 0.2) is 5.76 Å². The van der Waals surface area contributed by atoms with Gasteiger partial charge in [0.25, 0.3) is 0 Å². The highest BCUT2D eigenvalue weighted by molar-refractivity contribution is 6.31. The molecule has 33 heavy (non-hydrogen) atoms. The number of methoxy groups -OCH3 is 1. The topological polar surface area (TPSA) is 49.7 Å². The molecule has 0 spiro atoms. The van der Waals surface area contributed by atoms with Gasteiger partial charge in [-0.15, -0.1) is 0 Å². The number of nitrogens with zero attached hydrogens (tertiary/aromatic N) is 1. The summed E-state index contributed by atoms with van der Waals surface area (Å²) in [6, 6.07) is 15.0. The molecule has 0 bridgehead atoms. The summed E-state index contributed by atoms with van der Waals surface area (Å²) in [5, 5.41) is 1.25. The van der Waals surface area contributed by atoms with Crippen LogP contribution in [0.4, 0.5) is 4.39 Å². The van der Waals surface area contributed by atoms with Gasteiger partial charge in [-0.3, -0.25) is 4.79 Å². The number of rotatable bonds is 5. The average Bonchev–Trinajstić information content (AvgIpc) is 3.28. The molecule has 0 saturated carbocycles. The van der Waals surface area contributed by atoms with Gasteiger partial charge >= 0.3 is 0 Å². The highest BCUT2D eigenvalue weighted by atomic mass is 35.5. The number of benzene rings is 3. The van der Waals surface area contributed by atoms with Crippen molar-refractivity contribution in [3.63, 3.8) is 0 Å². The van der Waals surface area contributed by atoms with Crippen LogP contribution in [0.2, 0.25) is 5.02 Å². The van der Waals surface area contributed by atoms with Crippen LogP contribution >= 0.6 is 11.6 Å². The van der Waals surface area contributed by atoms with Crippen LogP contribution in [0.1, 0.15) is 21.5 Å². The van der Waals surface area contributed by atoms with E-state index in [0.29, 0.717) is 27.6 Å². The van der Waals surface area contributed by atoms with Gasteiger partial charge in [0.1, 0.15) is 29.7 Å². The summed E-state index contributed by atoms with van der Waals surface area (Å²) in [6.07, 6.45) is 3.68. The fraction of sp³-hybridized carbons (Fsp3) is 0.115. The predicted octanol–water partition coefficient (Wildman–Crippen LogP) is 6.17. The third kappa shape index (κ3) is 3.94. The van der Waals surface area contributed by atoms with Crippen molar-refractivity contribution in [2.24, 2.45) is 7.05 Å². The zero-order valence-corrected chi connectivity index (χ0v) is 18.7. The van der Waals surface area contributed by atoms with E-state index in [2.05, 4.69) is 0 Å². The molecule has 0 radical (unpaired) electrons. The highest BCUT2D eigenvalue weighted by Gasteiger charge is 2.28. The summed E-state index contributed by atoms with van der Waals surface area (Å²) in [7, 11) is 3.56. The third-order valence-corrected chi connectivity index (χ3v) is 5.92. The zero-order chi connectivity index (χ0) is 23.1. The van der Waals surface area contributed by atoms with Crippen LogP contribution in [0.3, 0.4) is 0 Å². The first-order chi connectivity index (χ1) is 15.9. The van der Waals surface area contributed by atoms with Crippen LogP contribution in [0.25, 0.3) is 17.0 Å². The van der Waals surface area contributed by atoms with Gasteiger partial charge in [-0.25, -0.2) is 4.39 Å². The van der Waals surface area contributed by atoms with Crippen molar-refractivity contribution in [3.8, 4) is 17.2 Å². The first-order valence-electron chi connectivity index (χ1n) is 10.2. The van der Waals surface area contributed by atoms with Gasteiger partial charge in [-0.1, -0.05) is 17.7 Å². The molecule has 5 nitrogen and oxygen atoms in total. The first-order valence-corrected chi connectivity index (χ1v) is 10.6. The van der Waals surface area contributed by atoms with E-state index in [1.807, 2.05) is 36.0 Å². The van der Waals surface area contributed by atoms with E-state index in [1.54, 1.807) is 37.5 Å². The lowest BCUT2D eigenvalue weighted by Crippen LogP contribution is -1.98.